The molecular weight excluding hydrogens is 422 g/mol. The first-order chi connectivity index (χ1) is 15.5. The lowest BCUT2D eigenvalue weighted by Gasteiger charge is -2.13. The second-order valence-corrected chi connectivity index (χ2v) is 8.45. The summed E-state index contributed by atoms with van der Waals surface area (Å²) in [6.45, 7) is 3.87. The van der Waals surface area contributed by atoms with Crippen molar-refractivity contribution in [2.45, 2.75) is 24.8 Å². The molecule has 0 spiro atoms. The summed E-state index contributed by atoms with van der Waals surface area (Å²) in [5.41, 5.74) is 3.45. The van der Waals surface area contributed by atoms with Gasteiger partial charge in [0.15, 0.2) is 5.16 Å². The highest BCUT2D eigenvalue weighted by molar-refractivity contribution is 7.98. The van der Waals surface area contributed by atoms with Crippen LogP contribution < -0.4 is 11.1 Å². The Morgan fingerprint density at radius 1 is 0.969 bits per heavy atom. The van der Waals surface area contributed by atoms with Gasteiger partial charge in [0.05, 0.1) is 16.6 Å². The Hall–Kier alpha value is -3.78. The van der Waals surface area contributed by atoms with E-state index in [0.717, 1.165) is 11.1 Å². The lowest BCUT2D eigenvalue weighted by molar-refractivity contribution is 0.794. The summed E-state index contributed by atoms with van der Waals surface area (Å²) in [6, 6.07) is 16.3. The van der Waals surface area contributed by atoms with Crippen LogP contribution in [0.5, 0.6) is 0 Å². The highest BCUT2D eigenvalue weighted by Crippen LogP contribution is 2.24. The molecule has 8 heteroatoms. The fraction of sp³-hybridized carbons (Fsp3) is 0.125. The van der Waals surface area contributed by atoms with E-state index in [0.29, 0.717) is 39.0 Å². The molecule has 0 radical (unpaired) electrons. The number of aromatic nitrogens is 5. The first-order valence-electron chi connectivity index (χ1n) is 10.1. The van der Waals surface area contributed by atoms with Crippen molar-refractivity contribution in [3.63, 3.8) is 0 Å². The SMILES string of the molecule is Cc1ccnc(-n2c(SCc3cc(=O)n4cccc(C)c4n3)nc3ccccc3c2=O)c1. The van der Waals surface area contributed by atoms with Crippen LogP contribution in [0, 0.1) is 13.8 Å². The van der Waals surface area contributed by atoms with E-state index < -0.39 is 0 Å². The molecule has 7 nitrogen and oxygen atoms in total. The van der Waals surface area contributed by atoms with Crippen LogP contribution in [0.3, 0.4) is 0 Å². The first kappa shape index (κ1) is 20.1. The zero-order valence-electron chi connectivity index (χ0n) is 17.5. The van der Waals surface area contributed by atoms with E-state index in [9.17, 15) is 9.59 Å². The Kier molecular flexibility index (Phi) is 5.07. The molecular formula is C24H19N5O2S. The number of pyridine rings is 2. The standard InChI is InChI=1S/C24H19N5O2S/c1-15-9-10-25-20(12-15)29-23(31)18-7-3-4-8-19(18)27-24(29)32-14-17-13-21(30)28-11-5-6-16(2)22(28)26-17/h3-13H,14H2,1-2H3. The van der Waals surface area contributed by atoms with Crippen LogP contribution in [-0.4, -0.2) is 23.9 Å². The summed E-state index contributed by atoms with van der Waals surface area (Å²) in [5.74, 6) is 0.898. The van der Waals surface area contributed by atoms with Gasteiger partial charge in [0.2, 0.25) is 0 Å². The minimum Gasteiger partial charge on any atom is -0.269 e. The first-order valence-corrected chi connectivity index (χ1v) is 11.1. The molecule has 158 valence electrons. The van der Waals surface area contributed by atoms with Crippen molar-refractivity contribution < 1.29 is 0 Å². The van der Waals surface area contributed by atoms with Gasteiger partial charge in [-0.1, -0.05) is 30.0 Å². The normalized spacial score (nSPS) is 11.3. The van der Waals surface area contributed by atoms with Crippen molar-refractivity contribution in [1.29, 1.82) is 0 Å². The van der Waals surface area contributed by atoms with Gasteiger partial charge in [-0.3, -0.25) is 14.0 Å². The Morgan fingerprint density at radius 3 is 2.66 bits per heavy atom. The van der Waals surface area contributed by atoms with E-state index >= 15 is 0 Å². The minimum absolute atomic E-state index is 0.140. The van der Waals surface area contributed by atoms with E-state index in [1.165, 1.54) is 26.8 Å². The van der Waals surface area contributed by atoms with Gasteiger partial charge in [-0.15, -0.1) is 0 Å². The number of thioether (sulfide) groups is 1. The van der Waals surface area contributed by atoms with E-state index in [1.54, 1.807) is 18.5 Å². The quantitative estimate of drug-likeness (QED) is 0.312. The summed E-state index contributed by atoms with van der Waals surface area (Å²) in [4.78, 5) is 39.7. The number of hydrogen-bond donors (Lipinski definition) is 0. The number of nitrogens with zero attached hydrogens (tertiary/aromatic N) is 5. The van der Waals surface area contributed by atoms with Gasteiger partial charge in [-0.2, -0.15) is 0 Å². The molecule has 0 fully saturated rings. The third kappa shape index (κ3) is 3.58. The molecule has 0 atom stereocenters. The largest absolute Gasteiger partial charge is 0.269 e. The van der Waals surface area contributed by atoms with Gasteiger partial charge in [-0.25, -0.2) is 19.5 Å². The second-order valence-electron chi connectivity index (χ2n) is 7.50. The van der Waals surface area contributed by atoms with Crippen molar-refractivity contribution in [3.8, 4) is 5.82 Å². The Bertz CT molecular complexity index is 1610. The maximum absolute atomic E-state index is 13.3. The van der Waals surface area contributed by atoms with Crippen molar-refractivity contribution in [3.05, 3.63) is 105 Å². The molecule has 0 N–H and O–H groups in total. The van der Waals surface area contributed by atoms with Gasteiger partial charge >= 0.3 is 0 Å². The number of rotatable bonds is 4. The van der Waals surface area contributed by atoms with E-state index in [4.69, 9.17) is 4.98 Å². The van der Waals surface area contributed by atoms with Crippen LogP contribution in [0.1, 0.15) is 16.8 Å². The molecule has 0 bridgehead atoms. The van der Waals surface area contributed by atoms with Crippen LogP contribution in [0.25, 0.3) is 22.4 Å². The molecule has 32 heavy (non-hydrogen) atoms. The van der Waals surface area contributed by atoms with E-state index in [2.05, 4.69) is 9.97 Å². The fourth-order valence-corrected chi connectivity index (χ4v) is 4.47. The summed E-state index contributed by atoms with van der Waals surface area (Å²) in [6.07, 6.45) is 3.38. The predicted octanol–water partition coefficient (Wildman–Crippen LogP) is 3.70. The van der Waals surface area contributed by atoms with Crippen LogP contribution >= 0.6 is 11.8 Å². The number of hydrogen-bond acceptors (Lipinski definition) is 6. The van der Waals surface area contributed by atoms with Crippen LogP contribution in [0.15, 0.2) is 81.7 Å². The Balaban J connectivity index is 1.62. The third-order valence-electron chi connectivity index (χ3n) is 5.16. The zero-order chi connectivity index (χ0) is 22.2. The van der Waals surface area contributed by atoms with Crippen molar-refractivity contribution >= 4 is 28.3 Å². The molecule has 0 unspecified atom stereocenters. The molecule has 0 aliphatic carbocycles. The lowest BCUT2D eigenvalue weighted by Crippen LogP contribution is -2.23. The van der Waals surface area contributed by atoms with Crippen LogP contribution in [0.4, 0.5) is 0 Å². The topological polar surface area (TPSA) is 82.2 Å². The van der Waals surface area contributed by atoms with Gasteiger partial charge in [-0.05, 0) is 55.3 Å². The molecule has 5 aromatic rings. The molecule has 1 aromatic carbocycles. The predicted molar refractivity (Wildman–Crippen MR) is 126 cm³/mol. The second kappa shape index (κ2) is 8.05. The van der Waals surface area contributed by atoms with Gasteiger partial charge in [0.25, 0.3) is 11.1 Å². The van der Waals surface area contributed by atoms with E-state index in [-0.39, 0.29) is 11.1 Å². The molecule has 0 aliphatic rings. The van der Waals surface area contributed by atoms with Crippen LogP contribution in [-0.2, 0) is 5.75 Å². The van der Waals surface area contributed by atoms with Crippen LogP contribution in [0.2, 0.25) is 0 Å². The molecule has 4 heterocycles. The number of aryl methyl sites for hydroxylation is 2. The molecule has 4 aromatic heterocycles. The number of fused-ring (bicyclic) bond motifs is 2. The summed E-state index contributed by atoms with van der Waals surface area (Å²) < 4.78 is 3.06. The maximum atomic E-state index is 13.3. The Labute approximate surface area is 187 Å². The minimum atomic E-state index is -0.182. The molecule has 0 amide bonds. The number of para-hydroxylation sites is 1. The zero-order valence-corrected chi connectivity index (χ0v) is 18.3. The summed E-state index contributed by atoms with van der Waals surface area (Å²) in [7, 11) is 0. The van der Waals surface area contributed by atoms with Crippen molar-refractivity contribution in [2.24, 2.45) is 0 Å². The highest BCUT2D eigenvalue weighted by atomic mass is 32.2. The monoisotopic (exact) mass is 441 g/mol. The smallest absolute Gasteiger partial charge is 0.267 e. The van der Waals surface area contributed by atoms with E-state index in [1.807, 2.05) is 56.3 Å². The van der Waals surface area contributed by atoms with Gasteiger partial charge in [0.1, 0.15) is 11.5 Å². The highest BCUT2D eigenvalue weighted by Gasteiger charge is 2.15. The summed E-state index contributed by atoms with van der Waals surface area (Å²) in [5, 5.41) is 1.02. The number of benzene rings is 1. The average molecular weight is 442 g/mol. The van der Waals surface area contributed by atoms with Crippen molar-refractivity contribution in [1.82, 2.24) is 23.9 Å². The average Bonchev–Trinajstić information content (AvgIpc) is 2.78. The summed E-state index contributed by atoms with van der Waals surface area (Å²) >= 11 is 1.35. The Morgan fingerprint density at radius 2 is 1.81 bits per heavy atom. The van der Waals surface area contributed by atoms with Gasteiger partial charge < -0.3 is 0 Å². The third-order valence-corrected chi connectivity index (χ3v) is 6.14. The molecule has 0 saturated heterocycles. The molecule has 5 rings (SSSR count). The van der Waals surface area contributed by atoms with Crippen molar-refractivity contribution in [2.75, 3.05) is 0 Å². The van der Waals surface area contributed by atoms with Gasteiger partial charge in [0, 0.05) is 24.2 Å². The maximum Gasteiger partial charge on any atom is 0.267 e. The lowest BCUT2D eigenvalue weighted by atomic mass is 10.2. The molecule has 0 aliphatic heterocycles. The molecule has 0 saturated carbocycles. The fourth-order valence-electron chi connectivity index (χ4n) is 3.57.